The van der Waals surface area contributed by atoms with Crippen LogP contribution in [0.4, 0.5) is 0 Å². The van der Waals surface area contributed by atoms with Gasteiger partial charge in [0, 0.05) is 12.1 Å². The van der Waals surface area contributed by atoms with Gasteiger partial charge in [-0.2, -0.15) is 0 Å². The van der Waals surface area contributed by atoms with Crippen molar-refractivity contribution in [2.45, 2.75) is 27.0 Å². The monoisotopic (exact) mass is 269 g/mol. The molecular weight excluding hydrogens is 250 g/mol. The Balaban J connectivity index is 2.04. The standard InChI is InChI=1S/C17H19NO2/c1-12-6-7-16(13(2)8-12)17(20)18-10-14-4-3-5-15(9-14)11-19/h3-9,19H,10-11H2,1-2H3,(H,18,20). The molecule has 3 nitrogen and oxygen atoms in total. The molecule has 1 amide bonds. The van der Waals surface area contributed by atoms with Crippen LogP contribution in [0.1, 0.15) is 32.6 Å². The summed E-state index contributed by atoms with van der Waals surface area (Å²) in [6.07, 6.45) is 0. The molecule has 0 unspecified atom stereocenters. The predicted molar refractivity (Wildman–Crippen MR) is 79.5 cm³/mol. The van der Waals surface area contributed by atoms with Gasteiger partial charge < -0.3 is 10.4 Å². The minimum Gasteiger partial charge on any atom is -0.392 e. The summed E-state index contributed by atoms with van der Waals surface area (Å²) in [5, 5.41) is 12.0. The van der Waals surface area contributed by atoms with Crippen molar-refractivity contribution in [3.63, 3.8) is 0 Å². The molecule has 0 saturated carbocycles. The summed E-state index contributed by atoms with van der Waals surface area (Å²) in [6, 6.07) is 13.4. The van der Waals surface area contributed by atoms with Gasteiger partial charge in [0.1, 0.15) is 0 Å². The Hall–Kier alpha value is -2.13. The van der Waals surface area contributed by atoms with Gasteiger partial charge in [0.15, 0.2) is 0 Å². The van der Waals surface area contributed by atoms with Crippen LogP contribution in [-0.2, 0) is 13.2 Å². The van der Waals surface area contributed by atoms with Crippen molar-refractivity contribution in [3.8, 4) is 0 Å². The van der Waals surface area contributed by atoms with Gasteiger partial charge in [-0.1, -0.05) is 42.0 Å². The van der Waals surface area contributed by atoms with Crippen molar-refractivity contribution in [1.82, 2.24) is 5.32 Å². The molecule has 0 atom stereocenters. The summed E-state index contributed by atoms with van der Waals surface area (Å²) in [4.78, 5) is 12.1. The predicted octanol–water partition coefficient (Wildman–Crippen LogP) is 2.73. The first kappa shape index (κ1) is 14.3. The molecule has 0 aliphatic heterocycles. The molecule has 0 heterocycles. The maximum absolute atomic E-state index is 12.1. The van der Waals surface area contributed by atoms with E-state index in [1.165, 1.54) is 0 Å². The number of hydrogen-bond donors (Lipinski definition) is 2. The summed E-state index contributed by atoms with van der Waals surface area (Å²) in [7, 11) is 0. The highest BCUT2D eigenvalue weighted by molar-refractivity contribution is 5.95. The van der Waals surface area contributed by atoms with Crippen LogP contribution in [0.15, 0.2) is 42.5 Å². The van der Waals surface area contributed by atoms with Gasteiger partial charge in [-0.25, -0.2) is 0 Å². The van der Waals surface area contributed by atoms with E-state index >= 15 is 0 Å². The smallest absolute Gasteiger partial charge is 0.251 e. The topological polar surface area (TPSA) is 49.3 Å². The minimum atomic E-state index is -0.0723. The quantitative estimate of drug-likeness (QED) is 0.896. The number of aryl methyl sites for hydroxylation is 2. The highest BCUT2D eigenvalue weighted by Crippen LogP contribution is 2.11. The van der Waals surface area contributed by atoms with E-state index in [-0.39, 0.29) is 12.5 Å². The average molecular weight is 269 g/mol. The zero-order valence-corrected chi connectivity index (χ0v) is 11.8. The van der Waals surface area contributed by atoms with Crippen molar-refractivity contribution in [2.75, 3.05) is 0 Å². The van der Waals surface area contributed by atoms with Crippen molar-refractivity contribution in [1.29, 1.82) is 0 Å². The summed E-state index contributed by atoms with van der Waals surface area (Å²) < 4.78 is 0. The maximum Gasteiger partial charge on any atom is 0.251 e. The second-order valence-corrected chi connectivity index (χ2v) is 4.98. The van der Waals surface area contributed by atoms with Gasteiger partial charge in [0.05, 0.1) is 6.61 Å². The summed E-state index contributed by atoms with van der Waals surface area (Å²) >= 11 is 0. The molecular formula is C17H19NO2. The van der Waals surface area contributed by atoms with E-state index in [0.717, 1.165) is 22.3 Å². The van der Waals surface area contributed by atoms with Gasteiger partial charge in [-0.15, -0.1) is 0 Å². The van der Waals surface area contributed by atoms with E-state index in [9.17, 15) is 4.79 Å². The number of carbonyl (C=O) groups excluding carboxylic acids is 1. The fourth-order valence-electron chi connectivity index (χ4n) is 2.18. The van der Waals surface area contributed by atoms with Crippen LogP contribution in [0.2, 0.25) is 0 Å². The van der Waals surface area contributed by atoms with Gasteiger partial charge in [-0.05, 0) is 36.6 Å². The lowest BCUT2D eigenvalue weighted by Gasteiger charge is -2.09. The number of nitrogens with one attached hydrogen (secondary N) is 1. The lowest BCUT2D eigenvalue weighted by molar-refractivity contribution is 0.0950. The van der Waals surface area contributed by atoms with Gasteiger partial charge in [0.2, 0.25) is 0 Å². The van der Waals surface area contributed by atoms with E-state index in [0.29, 0.717) is 12.1 Å². The number of hydrogen-bond acceptors (Lipinski definition) is 2. The van der Waals surface area contributed by atoms with Gasteiger partial charge in [0.25, 0.3) is 5.91 Å². The highest BCUT2D eigenvalue weighted by atomic mass is 16.3. The molecule has 2 aromatic rings. The van der Waals surface area contributed by atoms with E-state index in [1.807, 2.05) is 56.3 Å². The van der Waals surface area contributed by atoms with Crippen molar-refractivity contribution >= 4 is 5.91 Å². The first-order valence-corrected chi connectivity index (χ1v) is 6.64. The van der Waals surface area contributed by atoms with Crippen LogP contribution in [-0.4, -0.2) is 11.0 Å². The number of amides is 1. The Bertz CT molecular complexity index is 620. The van der Waals surface area contributed by atoms with E-state index in [4.69, 9.17) is 5.11 Å². The highest BCUT2D eigenvalue weighted by Gasteiger charge is 2.08. The molecule has 0 aliphatic rings. The molecule has 0 saturated heterocycles. The third-order valence-corrected chi connectivity index (χ3v) is 3.25. The normalized spacial score (nSPS) is 10.3. The van der Waals surface area contributed by atoms with Crippen molar-refractivity contribution in [2.24, 2.45) is 0 Å². The lowest BCUT2D eigenvalue weighted by Crippen LogP contribution is -2.23. The van der Waals surface area contributed by atoms with E-state index < -0.39 is 0 Å². The van der Waals surface area contributed by atoms with Crippen molar-refractivity contribution in [3.05, 3.63) is 70.3 Å². The largest absolute Gasteiger partial charge is 0.392 e. The van der Waals surface area contributed by atoms with Crippen LogP contribution in [0.25, 0.3) is 0 Å². The molecule has 104 valence electrons. The fraction of sp³-hybridized carbons (Fsp3) is 0.235. The summed E-state index contributed by atoms with van der Waals surface area (Å²) in [5.41, 5.74) is 4.66. The number of carbonyl (C=O) groups is 1. The molecule has 0 fully saturated rings. The molecule has 0 spiro atoms. The Labute approximate surface area is 119 Å². The molecule has 2 aromatic carbocycles. The first-order chi connectivity index (χ1) is 9.60. The molecule has 20 heavy (non-hydrogen) atoms. The van der Waals surface area contributed by atoms with E-state index in [1.54, 1.807) is 0 Å². The van der Waals surface area contributed by atoms with Gasteiger partial charge in [-0.3, -0.25) is 4.79 Å². The van der Waals surface area contributed by atoms with Crippen LogP contribution in [0.3, 0.4) is 0 Å². The minimum absolute atomic E-state index is 0.0128. The Kier molecular flexibility index (Phi) is 4.53. The molecule has 3 heteroatoms. The van der Waals surface area contributed by atoms with Crippen LogP contribution in [0, 0.1) is 13.8 Å². The number of benzene rings is 2. The first-order valence-electron chi connectivity index (χ1n) is 6.64. The third-order valence-electron chi connectivity index (χ3n) is 3.25. The van der Waals surface area contributed by atoms with Crippen LogP contribution >= 0.6 is 0 Å². The zero-order valence-electron chi connectivity index (χ0n) is 11.8. The Morgan fingerprint density at radius 2 is 1.85 bits per heavy atom. The molecule has 2 rings (SSSR count). The zero-order chi connectivity index (χ0) is 14.5. The molecule has 0 bridgehead atoms. The van der Waals surface area contributed by atoms with Crippen LogP contribution < -0.4 is 5.32 Å². The second-order valence-electron chi connectivity index (χ2n) is 4.98. The number of aliphatic hydroxyl groups is 1. The average Bonchev–Trinajstić information content (AvgIpc) is 2.45. The molecule has 0 aliphatic carbocycles. The van der Waals surface area contributed by atoms with E-state index in [2.05, 4.69) is 5.32 Å². The Morgan fingerprint density at radius 1 is 1.10 bits per heavy atom. The molecule has 0 radical (unpaired) electrons. The number of aliphatic hydroxyl groups excluding tert-OH is 1. The summed E-state index contributed by atoms with van der Waals surface area (Å²) in [6.45, 7) is 4.42. The molecule has 0 aromatic heterocycles. The Morgan fingerprint density at radius 3 is 2.55 bits per heavy atom. The number of rotatable bonds is 4. The van der Waals surface area contributed by atoms with Gasteiger partial charge >= 0.3 is 0 Å². The van der Waals surface area contributed by atoms with Crippen molar-refractivity contribution < 1.29 is 9.90 Å². The lowest BCUT2D eigenvalue weighted by atomic mass is 10.0. The molecule has 2 N–H and O–H groups in total. The second kappa shape index (κ2) is 6.35. The third kappa shape index (κ3) is 3.45. The fourth-order valence-corrected chi connectivity index (χ4v) is 2.18. The summed E-state index contributed by atoms with van der Waals surface area (Å²) in [5.74, 6) is -0.0723. The maximum atomic E-state index is 12.1. The van der Waals surface area contributed by atoms with Crippen LogP contribution in [0.5, 0.6) is 0 Å². The SMILES string of the molecule is Cc1ccc(C(=O)NCc2cccc(CO)c2)c(C)c1.